The molecular formula is C25H25ClN3O3S2-. The minimum absolute atomic E-state index is 0.172. The van der Waals surface area contributed by atoms with E-state index in [0.717, 1.165) is 50.0 Å². The summed E-state index contributed by atoms with van der Waals surface area (Å²) in [5.74, 6) is 0.250. The number of amides is 1. The molecule has 9 heteroatoms. The van der Waals surface area contributed by atoms with Crippen molar-refractivity contribution in [2.75, 3.05) is 6.54 Å². The number of aromatic nitrogens is 2. The zero-order valence-corrected chi connectivity index (χ0v) is 21.4. The Hall–Kier alpha value is -2.52. The number of halogens is 1. The molecule has 2 aromatic carbocycles. The molecule has 0 bridgehead atoms. The summed E-state index contributed by atoms with van der Waals surface area (Å²) in [6, 6.07) is 15.2. The van der Waals surface area contributed by atoms with Crippen LogP contribution >= 0.6 is 22.9 Å². The molecule has 0 N–H and O–H groups in total. The van der Waals surface area contributed by atoms with Crippen molar-refractivity contribution in [3.8, 4) is 10.4 Å². The van der Waals surface area contributed by atoms with Crippen molar-refractivity contribution in [2.45, 2.75) is 39.7 Å². The number of carbonyl (C=O) groups is 1. The number of nitrogens with zero attached hydrogens (tertiary/aromatic N) is 3. The second-order valence-corrected chi connectivity index (χ2v) is 10.3. The second-order valence-electron chi connectivity index (χ2n) is 8.06. The van der Waals surface area contributed by atoms with Gasteiger partial charge in [0.05, 0.1) is 17.6 Å². The quantitative estimate of drug-likeness (QED) is 0.197. The summed E-state index contributed by atoms with van der Waals surface area (Å²) >= 11 is 5.66. The fourth-order valence-electron chi connectivity index (χ4n) is 3.91. The van der Waals surface area contributed by atoms with E-state index in [4.69, 9.17) is 11.6 Å². The number of imidazole rings is 1. The molecule has 178 valence electrons. The first-order chi connectivity index (χ1) is 16.4. The molecule has 34 heavy (non-hydrogen) atoms. The lowest BCUT2D eigenvalue weighted by atomic mass is 10.1. The highest BCUT2D eigenvalue weighted by molar-refractivity contribution is 7.77. The SMILES string of the molecule is CCCCCN(C(=O)c1ccc2nc(C)n(Cc3ccc(-c4cccs4)cc3Cl)c2c1)S(=O)[O-]. The summed E-state index contributed by atoms with van der Waals surface area (Å²) < 4.78 is 26.3. The van der Waals surface area contributed by atoms with Crippen LogP contribution in [0.5, 0.6) is 0 Å². The molecule has 6 nitrogen and oxygen atoms in total. The number of carbonyl (C=O) groups excluding carboxylic acids is 1. The maximum atomic E-state index is 13.0. The summed E-state index contributed by atoms with van der Waals surface area (Å²) in [5, 5.41) is 2.69. The van der Waals surface area contributed by atoms with Crippen LogP contribution in [0.4, 0.5) is 0 Å². The van der Waals surface area contributed by atoms with Crippen LogP contribution in [0.3, 0.4) is 0 Å². The van der Waals surface area contributed by atoms with Gasteiger partial charge in [0.15, 0.2) is 0 Å². The maximum Gasteiger partial charge on any atom is 0.264 e. The summed E-state index contributed by atoms with van der Waals surface area (Å²) in [6.07, 6.45) is 2.43. The number of thiophene rings is 1. The molecule has 4 aromatic rings. The van der Waals surface area contributed by atoms with Crippen LogP contribution in [-0.2, 0) is 17.8 Å². The van der Waals surface area contributed by atoms with E-state index in [1.165, 1.54) is 0 Å². The normalized spacial score (nSPS) is 12.2. The first-order valence-electron chi connectivity index (χ1n) is 11.1. The van der Waals surface area contributed by atoms with Gasteiger partial charge in [-0.25, -0.2) is 4.98 Å². The fourth-order valence-corrected chi connectivity index (χ4v) is 5.39. The van der Waals surface area contributed by atoms with E-state index in [9.17, 15) is 13.6 Å². The van der Waals surface area contributed by atoms with Gasteiger partial charge in [-0.3, -0.25) is 13.3 Å². The van der Waals surface area contributed by atoms with E-state index in [1.807, 2.05) is 48.1 Å². The standard InChI is InChI=1S/C25H26ClN3O3S2/c1-3-4-5-12-29(34(31)32)25(30)19-10-11-22-23(15-19)28(17(2)27-22)16-20-9-8-18(14-21(20)26)24-7-6-13-33-24/h6-11,13-15H,3-5,12,16H2,1-2H3,(H,31,32)/p-1. The predicted octanol–water partition coefficient (Wildman–Crippen LogP) is 6.20. The molecular weight excluding hydrogens is 490 g/mol. The number of hydrogen-bond donors (Lipinski definition) is 0. The molecule has 0 aliphatic carbocycles. The summed E-state index contributed by atoms with van der Waals surface area (Å²) in [4.78, 5) is 18.8. The molecule has 0 aliphatic rings. The number of fused-ring (bicyclic) bond motifs is 1. The van der Waals surface area contributed by atoms with Gasteiger partial charge in [0.2, 0.25) is 0 Å². The van der Waals surface area contributed by atoms with E-state index in [2.05, 4.69) is 11.1 Å². The molecule has 4 rings (SSSR count). The highest BCUT2D eigenvalue weighted by Gasteiger charge is 2.19. The molecule has 0 saturated carbocycles. The van der Waals surface area contributed by atoms with Crippen molar-refractivity contribution < 1.29 is 13.6 Å². The van der Waals surface area contributed by atoms with Crippen molar-refractivity contribution in [2.24, 2.45) is 0 Å². The zero-order valence-electron chi connectivity index (χ0n) is 19.0. The molecule has 0 radical (unpaired) electrons. The minimum atomic E-state index is -2.63. The Labute approximate surface area is 210 Å². The predicted molar refractivity (Wildman–Crippen MR) is 138 cm³/mol. The summed E-state index contributed by atoms with van der Waals surface area (Å²) in [6.45, 7) is 4.58. The molecule has 1 unspecified atom stereocenters. The lowest BCUT2D eigenvalue weighted by molar-refractivity contribution is 0.0857. The van der Waals surface area contributed by atoms with Gasteiger partial charge in [0, 0.05) is 33.3 Å². The van der Waals surface area contributed by atoms with E-state index in [-0.39, 0.29) is 6.54 Å². The third-order valence-electron chi connectivity index (χ3n) is 5.74. The molecule has 1 amide bonds. The Morgan fingerprint density at radius 1 is 1.21 bits per heavy atom. The van der Waals surface area contributed by atoms with Crippen LogP contribution in [0.2, 0.25) is 5.02 Å². The molecule has 0 aliphatic heterocycles. The van der Waals surface area contributed by atoms with Gasteiger partial charge in [-0.1, -0.05) is 49.6 Å². The molecule has 0 fully saturated rings. The molecule has 2 aromatic heterocycles. The second kappa shape index (κ2) is 10.8. The van der Waals surface area contributed by atoms with Crippen LogP contribution in [0, 0.1) is 6.92 Å². The molecule has 1 atom stereocenters. The zero-order chi connectivity index (χ0) is 24.2. The molecule has 0 saturated heterocycles. The highest BCUT2D eigenvalue weighted by Crippen LogP contribution is 2.30. The third-order valence-corrected chi connectivity index (χ3v) is 7.72. The van der Waals surface area contributed by atoms with E-state index >= 15 is 0 Å². The van der Waals surface area contributed by atoms with Crippen LogP contribution in [0.15, 0.2) is 53.9 Å². The Morgan fingerprint density at radius 2 is 2.03 bits per heavy atom. The Bertz CT molecular complexity index is 1330. The van der Waals surface area contributed by atoms with Gasteiger partial charge in [-0.05, 0) is 60.2 Å². The summed E-state index contributed by atoms with van der Waals surface area (Å²) in [5.41, 5.74) is 3.81. The molecule has 0 spiro atoms. The minimum Gasteiger partial charge on any atom is -0.755 e. The van der Waals surface area contributed by atoms with Crippen molar-refractivity contribution in [1.29, 1.82) is 0 Å². The van der Waals surface area contributed by atoms with Crippen LogP contribution in [0.1, 0.15) is 47.9 Å². The molecule has 2 heterocycles. The average molecular weight is 515 g/mol. The van der Waals surface area contributed by atoms with Gasteiger partial charge in [0.1, 0.15) is 5.82 Å². The van der Waals surface area contributed by atoms with Gasteiger partial charge in [-0.2, -0.15) is 0 Å². The monoisotopic (exact) mass is 514 g/mol. The third kappa shape index (κ3) is 5.25. The lowest BCUT2D eigenvalue weighted by Gasteiger charge is -2.24. The number of rotatable bonds is 9. The largest absolute Gasteiger partial charge is 0.755 e. The average Bonchev–Trinajstić information content (AvgIpc) is 3.45. The van der Waals surface area contributed by atoms with Gasteiger partial charge in [0.25, 0.3) is 5.91 Å². The van der Waals surface area contributed by atoms with Gasteiger partial charge < -0.3 is 9.12 Å². The van der Waals surface area contributed by atoms with Crippen molar-refractivity contribution in [3.63, 3.8) is 0 Å². The summed E-state index contributed by atoms with van der Waals surface area (Å²) in [7, 11) is 0. The Morgan fingerprint density at radius 3 is 2.71 bits per heavy atom. The number of aryl methyl sites for hydroxylation is 1. The first-order valence-corrected chi connectivity index (χ1v) is 13.4. The van der Waals surface area contributed by atoms with E-state index < -0.39 is 17.2 Å². The van der Waals surface area contributed by atoms with Crippen molar-refractivity contribution >= 4 is 51.1 Å². The smallest absolute Gasteiger partial charge is 0.264 e. The van der Waals surface area contributed by atoms with Crippen LogP contribution in [0.25, 0.3) is 21.5 Å². The van der Waals surface area contributed by atoms with Crippen LogP contribution < -0.4 is 0 Å². The maximum absolute atomic E-state index is 13.0. The lowest BCUT2D eigenvalue weighted by Crippen LogP contribution is -2.33. The van der Waals surface area contributed by atoms with E-state index in [0.29, 0.717) is 23.6 Å². The van der Waals surface area contributed by atoms with Crippen molar-refractivity contribution in [1.82, 2.24) is 13.9 Å². The fraction of sp³-hybridized carbons (Fsp3) is 0.280. The Balaban J connectivity index is 1.64. The van der Waals surface area contributed by atoms with Gasteiger partial charge >= 0.3 is 0 Å². The number of unbranched alkanes of at least 4 members (excludes halogenated alkanes) is 2. The number of hydrogen-bond acceptors (Lipinski definition) is 5. The van der Waals surface area contributed by atoms with Gasteiger partial charge in [-0.15, -0.1) is 11.3 Å². The Kier molecular flexibility index (Phi) is 7.83. The highest BCUT2D eigenvalue weighted by atomic mass is 35.5. The van der Waals surface area contributed by atoms with Crippen LogP contribution in [-0.4, -0.2) is 35.1 Å². The van der Waals surface area contributed by atoms with E-state index in [1.54, 1.807) is 29.5 Å². The number of benzene rings is 2. The van der Waals surface area contributed by atoms with Crippen molar-refractivity contribution in [3.05, 3.63) is 75.9 Å². The first kappa shape index (κ1) is 24.6. The topological polar surface area (TPSA) is 78.3 Å².